The Balaban J connectivity index is 3.19. The van der Waals surface area contributed by atoms with E-state index in [9.17, 15) is 8.78 Å². The molecular formula is C8H9BrF2N2. The van der Waals surface area contributed by atoms with Crippen LogP contribution in [0.5, 0.6) is 0 Å². The van der Waals surface area contributed by atoms with Gasteiger partial charge >= 0.3 is 0 Å². The number of rotatable bonds is 2. The van der Waals surface area contributed by atoms with Gasteiger partial charge in [-0.1, -0.05) is 0 Å². The normalized spacial score (nSPS) is 10.6. The van der Waals surface area contributed by atoms with Crippen molar-refractivity contribution in [1.82, 2.24) is 4.98 Å². The number of halogens is 3. The van der Waals surface area contributed by atoms with Crippen LogP contribution in [0.3, 0.4) is 0 Å². The van der Waals surface area contributed by atoms with Crippen molar-refractivity contribution in [2.45, 2.75) is 6.43 Å². The molecule has 0 aliphatic carbocycles. The second-order valence-corrected chi connectivity index (χ2v) is 3.68. The fourth-order valence-corrected chi connectivity index (χ4v) is 1.33. The second-order valence-electron chi connectivity index (χ2n) is 2.76. The van der Waals surface area contributed by atoms with Crippen LogP contribution in [0.25, 0.3) is 0 Å². The van der Waals surface area contributed by atoms with Crippen LogP contribution in [0.2, 0.25) is 0 Å². The van der Waals surface area contributed by atoms with E-state index in [4.69, 9.17) is 0 Å². The lowest BCUT2D eigenvalue weighted by Crippen LogP contribution is -2.13. The molecule has 72 valence electrons. The van der Waals surface area contributed by atoms with Gasteiger partial charge in [0.25, 0.3) is 6.43 Å². The van der Waals surface area contributed by atoms with Crippen LogP contribution in [0.4, 0.5) is 14.6 Å². The van der Waals surface area contributed by atoms with Gasteiger partial charge in [-0.2, -0.15) is 0 Å². The monoisotopic (exact) mass is 250 g/mol. The fourth-order valence-electron chi connectivity index (χ4n) is 0.982. The van der Waals surface area contributed by atoms with Crippen LogP contribution in [0.1, 0.15) is 12.0 Å². The van der Waals surface area contributed by atoms with E-state index < -0.39 is 6.43 Å². The zero-order chi connectivity index (χ0) is 10.0. The lowest BCUT2D eigenvalue weighted by molar-refractivity contribution is 0.151. The van der Waals surface area contributed by atoms with E-state index in [1.54, 1.807) is 19.0 Å². The summed E-state index contributed by atoms with van der Waals surface area (Å²) in [5, 5.41) is 0. The number of hydrogen-bond acceptors (Lipinski definition) is 2. The molecule has 1 aromatic heterocycles. The Morgan fingerprint density at radius 2 is 2.08 bits per heavy atom. The molecule has 0 fully saturated rings. The van der Waals surface area contributed by atoms with Crippen LogP contribution in [-0.2, 0) is 0 Å². The van der Waals surface area contributed by atoms with Crippen molar-refractivity contribution >= 4 is 21.7 Å². The van der Waals surface area contributed by atoms with Gasteiger partial charge < -0.3 is 4.90 Å². The largest absolute Gasteiger partial charge is 0.362 e. The third kappa shape index (κ3) is 2.37. The van der Waals surface area contributed by atoms with Gasteiger partial charge in [0.2, 0.25) is 0 Å². The maximum atomic E-state index is 12.5. The van der Waals surface area contributed by atoms with Crippen molar-refractivity contribution in [2.75, 3.05) is 19.0 Å². The Bertz CT molecular complexity index is 302. The molecule has 0 amide bonds. The molecule has 5 heteroatoms. The Kier molecular flexibility index (Phi) is 3.19. The number of nitrogens with zero attached hydrogens (tertiary/aromatic N) is 2. The Hall–Kier alpha value is -0.710. The molecule has 0 atom stereocenters. The van der Waals surface area contributed by atoms with E-state index >= 15 is 0 Å². The highest BCUT2D eigenvalue weighted by Gasteiger charge is 2.15. The summed E-state index contributed by atoms with van der Waals surface area (Å²) in [4.78, 5) is 5.46. The first-order valence-corrected chi connectivity index (χ1v) is 4.42. The van der Waals surface area contributed by atoms with E-state index in [2.05, 4.69) is 20.9 Å². The highest BCUT2D eigenvalue weighted by Crippen LogP contribution is 2.28. The minimum Gasteiger partial charge on any atom is -0.362 e. The lowest BCUT2D eigenvalue weighted by Gasteiger charge is -2.15. The molecule has 0 bridgehead atoms. The van der Waals surface area contributed by atoms with Crippen LogP contribution in [-0.4, -0.2) is 19.1 Å². The Labute approximate surface area is 83.7 Å². The summed E-state index contributed by atoms with van der Waals surface area (Å²) in [5.41, 5.74) is -0.0561. The zero-order valence-electron chi connectivity index (χ0n) is 7.26. The SMILES string of the molecule is CN(C)c1ncc(Br)cc1C(F)F. The maximum Gasteiger partial charge on any atom is 0.267 e. The molecule has 0 saturated heterocycles. The first-order chi connectivity index (χ1) is 6.02. The second kappa shape index (κ2) is 4.00. The molecule has 1 heterocycles. The lowest BCUT2D eigenvalue weighted by atomic mass is 10.2. The molecule has 0 saturated carbocycles. The van der Waals surface area contributed by atoms with Gasteiger partial charge in [-0.05, 0) is 22.0 Å². The first kappa shape index (κ1) is 10.4. The summed E-state index contributed by atoms with van der Waals surface area (Å²) in [6.07, 6.45) is -0.997. The van der Waals surface area contributed by atoms with Gasteiger partial charge in [0.1, 0.15) is 5.82 Å². The third-order valence-corrected chi connectivity index (χ3v) is 1.95. The third-order valence-electron chi connectivity index (χ3n) is 1.52. The summed E-state index contributed by atoms with van der Waals surface area (Å²) >= 11 is 3.10. The standard InChI is InChI=1S/C8H9BrF2N2/c1-13(2)8-6(7(10)11)3-5(9)4-12-8/h3-4,7H,1-2H3. The number of hydrogen-bond donors (Lipinski definition) is 0. The van der Waals surface area contributed by atoms with E-state index in [-0.39, 0.29) is 5.56 Å². The number of anilines is 1. The van der Waals surface area contributed by atoms with Crippen molar-refractivity contribution in [3.8, 4) is 0 Å². The van der Waals surface area contributed by atoms with Crippen LogP contribution in [0, 0.1) is 0 Å². The smallest absolute Gasteiger partial charge is 0.267 e. The average molecular weight is 251 g/mol. The van der Waals surface area contributed by atoms with Crippen LogP contribution < -0.4 is 4.90 Å². The van der Waals surface area contributed by atoms with E-state index in [1.165, 1.54) is 12.3 Å². The molecule has 0 radical (unpaired) electrons. The average Bonchev–Trinajstić information content (AvgIpc) is 2.03. The quantitative estimate of drug-likeness (QED) is 0.803. The fraction of sp³-hybridized carbons (Fsp3) is 0.375. The van der Waals surface area contributed by atoms with Crippen LogP contribution in [0.15, 0.2) is 16.7 Å². The van der Waals surface area contributed by atoms with Crippen molar-refractivity contribution in [3.05, 3.63) is 22.3 Å². The predicted molar refractivity (Wildman–Crippen MR) is 51.2 cm³/mol. The first-order valence-electron chi connectivity index (χ1n) is 3.63. The molecule has 0 unspecified atom stereocenters. The Morgan fingerprint density at radius 1 is 1.46 bits per heavy atom. The summed E-state index contributed by atoms with van der Waals surface area (Å²) in [6.45, 7) is 0. The summed E-state index contributed by atoms with van der Waals surface area (Å²) < 4.78 is 25.5. The topological polar surface area (TPSA) is 16.1 Å². The van der Waals surface area contributed by atoms with Gasteiger partial charge in [-0.15, -0.1) is 0 Å². The van der Waals surface area contributed by atoms with Crippen molar-refractivity contribution in [2.24, 2.45) is 0 Å². The van der Waals surface area contributed by atoms with Gasteiger partial charge in [-0.3, -0.25) is 0 Å². The molecule has 1 rings (SSSR count). The Morgan fingerprint density at radius 3 is 2.54 bits per heavy atom. The van der Waals surface area contributed by atoms with Gasteiger partial charge in [0.15, 0.2) is 0 Å². The summed E-state index contributed by atoms with van der Waals surface area (Å²) in [7, 11) is 3.37. The van der Waals surface area contributed by atoms with Gasteiger partial charge in [0, 0.05) is 24.8 Å². The molecule has 2 nitrogen and oxygen atoms in total. The number of alkyl halides is 2. The minimum atomic E-state index is -2.50. The molecular weight excluding hydrogens is 242 g/mol. The van der Waals surface area contributed by atoms with Crippen LogP contribution >= 0.6 is 15.9 Å². The highest BCUT2D eigenvalue weighted by molar-refractivity contribution is 9.10. The zero-order valence-corrected chi connectivity index (χ0v) is 8.85. The molecule has 0 aliphatic rings. The van der Waals surface area contributed by atoms with Gasteiger partial charge in [0.05, 0.1) is 5.56 Å². The molecule has 0 aromatic carbocycles. The predicted octanol–water partition coefficient (Wildman–Crippen LogP) is 2.85. The van der Waals surface area contributed by atoms with E-state index in [0.29, 0.717) is 10.3 Å². The number of aromatic nitrogens is 1. The summed E-state index contributed by atoms with van der Waals surface area (Å²) in [5.74, 6) is 0.304. The van der Waals surface area contributed by atoms with Crippen molar-refractivity contribution in [1.29, 1.82) is 0 Å². The molecule has 0 spiro atoms. The van der Waals surface area contributed by atoms with Crippen molar-refractivity contribution < 1.29 is 8.78 Å². The maximum absolute atomic E-state index is 12.5. The van der Waals surface area contributed by atoms with E-state index in [1.807, 2.05) is 0 Å². The van der Waals surface area contributed by atoms with Crippen molar-refractivity contribution in [3.63, 3.8) is 0 Å². The molecule has 0 aliphatic heterocycles. The highest BCUT2D eigenvalue weighted by atomic mass is 79.9. The van der Waals surface area contributed by atoms with Gasteiger partial charge in [-0.25, -0.2) is 13.8 Å². The minimum absolute atomic E-state index is 0.0561. The molecule has 0 N–H and O–H groups in total. The molecule has 1 aromatic rings. The number of pyridine rings is 1. The molecule has 13 heavy (non-hydrogen) atoms. The van der Waals surface area contributed by atoms with E-state index in [0.717, 1.165) is 0 Å². The summed E-state index contributed by atoms with van der Waals surface area (Å²) in [6, 6.07) is 1.38.